The molecule has 4 rings (SSSR count). The van der Waals surface area contributed by atoms with Gasteiger partial charge >= 0.3 is 6.18 Å². The maximum Gasteiger partial charge on any atom is 0.416 e. The van der Waals surface area contributed by atoms with Crippen LogP contribution in [0.1, 0.15) is 22.7 Å². The van der Waals surface area contributed by atoms with Crippen LogP contribution in [-0.4, -0.2) is 21.2 Å². The summed E-state index contributed by atoms with van der Waals surface area (Å²) in [6.45, 7) is 3.85. The Kier molecular flexibility index (Phi) is 4.61. The fraction of sp³-hybridized carbons (Fsp3) is 0.300. The SMILES string of the molecule is Cc1ccc(N=Nc2c(O)n(C3CSC3)c3ccc(C(F)(F)F)cc23)c(C)c1. The Balaban J connectivity index is 1.87. The van der Waals surface area contributed by atoms with Crippen molar-refractivity contribution in [2.45, 2.75) is 26.1 Å². The molecule has 0 radical (unpaired) electrons. The second-order valence-electron chi connectivity index (χ2n) is 6.95. The first-order chi connectivity index (χ1) is 13.3. The van der Waals surface area contributed by atoms with Crippen LogP contribution in [0.25, 0.3) is 10.9 Å². The minimum absolute atomic E-state index is 0.0364. The zero-order valence-electron chi connectivity index (χ0n) is 15.3. The van der Waals surface area contributed by atoms with Gasteiger partial charge in [0, 0.05) is 16.9 Å². The lowest BCUT2D eigenvalue weighted by Crippen LogP contribution is -2.22. The maximum atomic E-state index is 13.2. The van der Waals surface area contributed by atoms with Gasteiger partial charge in [-0.15, -0.1) is 5.11 Å². The smallest absolute Gasteiger partial charge is 0.416 e. The van der Waals surface area contributed by atoms with E-state index in [0.717, 1.165) is 34.8 Å². The summed E-state index contributed by atoms with van der Waals surface area (Å²) < 4.78 is 41.3. The number of alkyl halides is 3. The van der Waals surface area contributed by atoms with Gasteiger partial charge in [-0.1, -0.05) is 17.7 Å². The molecule has 4 nitrogen and oxygen atoms in total. The van der Waals surface area contributed by atoms with Gasteiger partial charge < -0.3 is 9.67 Å². The number of nitrogens with zero attached hydrogens (tertiary/aromatic N) is 3. The highest BCUT2D eigenvalue weighted by molar-refractivity contribution is 8.00. The molecule has 2 heterocycles. The number of hydrogen-bond donors (Lipinski definition) is 1. The second-order valence-corrected chi connectivity index (χ2v) is 8.03. The quantitative estimate of drug-likeness (QED) is 0.494. The molecule has 3 aromatic rings. The zero-order valence-corrected chi connectivity index (χ0v) is 16.1. The van der Waals surface area contributed by atoms with E-state index in [1.165, 1.54) is 6.07 Å². The van der Waals surface area contributed by atoms with E-state index in [0.29, 0.717) is 11.2 Å². The molecular formula is C20H18F3N3OS. The summed E-state index contributed by atoms with van der Waals surface area (Å²) in [6.07, 6.45) is -4.47. The van der Waals surface area contributed by atoms with Crippen LogP contribution in [0, 0.1) is 13.8 Å². The number of aromatic nitrogens is 1. The highest BCUT2D eigenvalue weighted by Gasteiger charge is 2.33. The molecule has 8 heteroatoms. The highest BCUT2D eigenvalue weighted by atomic mass is 32.2. The summed E-state index contributed by atoms with van der Waals surface area (Å²) in [7, 11) is 0. The zero-order chi connectivity index (χ0) is 20.1. The maximum absolute atomic E-state index is 13.2. The van der Waals surface area contributed by atoms with Crippen molar-refractivity contribution in [1.82, 2.24) is 4.57 Å². The van der Waals surface area contributed by atoms with Crippen LogP contribution < -0.4 is 0 Å². The Labute approximate surface area is 164 Å². The third-order valence-electron chi connectivity index (χ3n) is 4.87. The molecule has 1 aliphatic rings. The van der Waals surface area contributed by atoms with Gasteiger partial charge in [-0.25, -0.2) is 0 Å². The third-order valence-corrected chi connectivity index (χ3v) is 6.12. The van der Waals surface area contributed by atoms with Crippen molar-refractivity contribution in [1.29, 1.82) is 0 Å². The lowest BCUT2D eigenvalue weighted by molar-refractivity contribution is -0.137. The Morgan fingerprint density at radius 3 is 2.43 bits per heavy atom. The molecule has 2 aromatic carbocycles. The molecule has 1 saturated heterocycles. The van der Waals surface area contributed by atoms with E-state index in [-0.39, 0.29) is 23.0 Å². The van der Waals surface area contributed by atoms with E-state index in [2.05, 4.69) is 10.2 Å². The van der Waals surface area contributed by atoms with Crippen LogP contribution in [0.2, 0.25) is 0 Å². The first kappa shape index (κ1) is 18.9. The Bertz CT molecular complexity index is 1080. The average Bonchev–Trinajstić information content (AvgIpc) is 2.84. The summed E-state index contributed by atoms with van der Waals surface area (Å²) in [5.74, 6) is 1.45. The van der Waals surface area contributed by atoms with Crippen LogP contribution in [0.5, 0.6) is 5.88 Å². The molecule has 1 N–H and O–H groups in total. The van der Waals surface area contributed by atoms with Crippen molar-refractivity contribution >= 4 is 34.0 Å². The van der Waals surface area contributed by atoms with Crippen LogP contribution in [0.4, 0.5) is 24.5 Å². The molecule has 0 spiro atoms. The largest absolute Gasteiger partial charge is 0.493 e. The van der Waals surface area contributed by atoms with Crippen molar-refractivity contribution in [3.05, 3.63) is 53.1 Å². The van der Waals surface area contributed by atoms with Gasteiger partial charge in [0.1, 0.15) is 0 Å². The number of thioether (sulfide) groups is 1. The summed E-state index contributed by atoms with van der Waals surface area (Å²) >= 11 is 1.72. The number of halogens is 3. The molecule has 0 saturated carbocycles. The second kappa shape index (κ2) is 6.84. The van der Waals surface area contributed by atoms with Gasteiger partial charge in [0.25, 0.3) is 0 Å². The van der Waals surface area contributed by atoms with Crippen LogP contribution in [0.15, 0.2) is 46.6 Å². The van der Waals surface area contributed by atoms with Gasteiger partial charge in [0.15, 0.2) is 5.69 Å². The number of aryl methyl sites for hydroxylation is 2. The molecule has 0 amide bonds. The molecular weight excluding hydrogens is 387 g/mol. The predicted molar refractivity (Wildman–Crippen MR) is 105 cm³/mol. The van der Waals surface area contributed by atoms with Gasteiger partial charge in [0.05, 0.1) is 22.8 Å². The standard InChI is InChI=1S/C20H18F3N3OS/c1-11-3-5-16(12(2)7-11)24-25-18-15-8-13(20(21,22)23)4-6-17(15)26(19(18)27)14-9-28-10-14/h3-8,14,27H,9-10H2,1-2H3. The number of azo groups is 1. The summed E-state index contributed by atoms with van der Waals surface area (Å²) in [5.41, 5.74) is 2.41. The topological polar surface area (TPSA) is 49.9 Å². The molecule has 0 aliphatic carbocycles. The fourth-order valence-electron chi connectivity index (χ4n) is 3.32. The minimum Gasteiger partial charge on any atom is -0.493 e. The number of hydrogen-bond acceptors (Lipinski definition) is 4. The lowest BCUT2D eigenvalue weighted by atomic mass is 10.1. The van der Waals surface area contributed by atoms with Crippen molar-refractivity contribution in [2.24, 2.45) is 10.2 Å². The van der Waals surface area contributed by atoms with Gasteiger partial charge in [0.2, 0.25) is 5.88 Å². The van der Waals surface area contributed by atoms with Gasteiger partial charge in [-0.3, -0.25) is 0 Å². The van der Waals surface area contributed by atoms with Crippen LogP contribution >= 0.6 is 11.8 Å². The Hall–Kier alpha value is -2.48. The molecule has 0 bridgehead atoms. The molecule has 0 atom stereocenters. The number of fused-ring (bicyclic) bond motifs is 1. The number of rotatable bonds is 3. The van der Waals surface area contributed by atoms with Gasteiger partial charge in [-0.05, 0) is 43.7 Å². The van der Waals surface area contributed by atoms with Crippen molar-refractivity contribution < 1.29 is 18.3 Å². The van der Waals surface area contributed by atoms with Crippen LogP contribution in [-0.2, 0) is 6.18 Å². The first-order valence-corrected chi connectivity index (χ1v) is 9.92. The van der Waals surface area contributed by atoms with Crippen molar-refractivity contribution in [3.63, 3.8) is 0 Å². The monoisotopic (exact) mass is 405 g/mol. The summed E-state index contributed by atoms with van der Waals surface area (Å²) in [6, 6.07) is 9.14. The van der Waals surface area contributed by atoms with E-state index in [4.69, 9.17) is 0 Å². The van der Waals surface area contributed by atoms with Crippen molar-refractivity contribution in [3.8, 4) is 5.88 Å². The average molecular weight is 405 g/mol. The van der Waals surface area contributed by atoms with E-state index >= 15 is 0 Å². The van der Waals surface area contributed by atoms with Gasteiger partial charge in [-0.2, -0.15) is 30.0 Å². The number of aromatic hydroxyl groups is 1. The third kappa shape index (κ3) is 3.26. The predicted octanol–water partition coefficient (Wildman–Crippen LogP) is 6.69. The normalized spacial score (nSPS) is 15.5. The summed E-state index contributed by atoms with van der Waals surface area (Å²) in [5, 5.41) is 19.4. The molecule has 1 fully saturated rings. The minimum atomic E-state index is -4.47. The molecule has 1 aromatic heterocycles. The van der Waals surface area contributed by atoms with E-state index < -0.39 is 11.7 Å². The molecule has 1 aliphatic heterocycles. The fourth-order valence-corrected chi connectivity index (χ4v) is 4.07. The summed E-state index contributed by atoms with van der Waals surface area (Å²) in [4.78, 5) is 0. The molecule has 146 valence electrons. The van der Waals surface area contributed by atoms with E-state index in [1.807, 2.05) is 26.0 Å². The van der Waals surface area contributed by atoms with E-state index in [9.17, 15) is 18.3 Å². The number of benzene rings is 2. The van der Waals surface area contributed by atoms with E-state index in [1.54, 1.807) is 22.4 Å². The lowest BCUT2D eigenvalue weighted by Gasteiger charge is -2.27. The highest BCUT2D eigenvalue weighted by Crippen LogP contribution is 2.46. The Morgan fingerprint density at radius 2 is 1.82 bits per heavy atom. The molecule has 28 heavy (non-hydrogen) atoms. The first-order valence-electron chi connectivity index (χ1n) is 8.76. The van der Waals surface area contributed by atoms with Crippen molar-refractivity contribution in [2.75, 3.05) is 11.5 Å². The molecule has 0 unspecified atom stereocenters. The Morgan fingerprint density at radius 1 is 1.07 bits per heavy atom. The van der Waals surface area contributed by atoms with Crippen LogP contribution in [0.3, 0.4) is 0 Å².